The van der Waals surface area contributed by atoms with Crippen molar-refractivity contribution >= 4 is 46.2 Å². The smallest absolute Gasteiger partial charge is 0.357 e. The molecule has 0 fully saturated rings. The van der Waals surface area contributed by atoms with Crippen molar-refractivity contribution in [2.24, 2.45) is 5.73 Å². The maximum Gasteiger partial charge on any atom is 0.357 e. The fourth-order valence-electron chi connectivity index (χ4n) is 4.22. The number of amides is 1. The van der Waals surface area contributed by atoms with Gasteiger partial charge < -0.3 is 25.7 Å². The quantitative estimate of drug-likeness (QED) is 0.399. The number of nitrogens with zero attached hydrogens (tertiary/aromatic N) is 1. The van der Waals surface area contributed by atoms with Crippen LogP contribution in [-0.4, -0.2) is 42.2 Å². The molecule has 198 valence electrons. The van der Waals surface area contributed by atoms with E-state index >= 15 is 0 Å². The summed E-state index contributed by atoms with van der Waals surface area (Å²) in [5.41, 5.74) is 13.5. The Morgan fingerprint density at radius 3 is 2.05 bits per heavy atom. The van der Waals surface area contributed by atoms with E-state index in [0.717, 1.165) is 17.3 Å². The Bertz CT molecular complexity index is 1490. The maximum absolute atomic E-state index is 13.9. The number of anilines is 1. The molecule has 4 N–H and O–H groups in total. The second kappa shape index (κ2) is 11.5. The number of ether oxygens (including phenoxy) is 3. The second-order valence-electron chi connectivity index (χ2n) is 8.26. The van der Waals surface area contributed by atoms with Crippen LogP contribution in [0.3, 0.4) is 0 Å². The average molecular weight is 536 g/mol. The molecule has 4 rings (SSSR count). The number of carbonyl (C=O) groups excluding carboxylic acids is 3. The van der Waals surface area contributed by atoms with Crippen molar-refractivity contribution in [1.29, 1.82) is 0 Å². The van der Waals surface area contributed by atoms with Gasteiger partial charge >= 0.3 is 5.97 Å². The lowest BCUT2D eigenvalue weighted by Gasteiger charge is -2.23. The predicted molar refractivity (Wildman–Crippen MR) is 146 cm³/mol. The molecule has 0 saturated heterocycles. The molecule has 0 radical (unpaired) electrons. The summed E-state index contributed by atoms with van der Waals surface area (Å²) in [6, 6.07) is 14.2. The summed E-state index contributed by atoms with van der Waals surface area (Å²) in [7, 11) is 0. The van der Waals surface area contributed by atoms with E-state index in [9.17, 15) is 14.4 Å². The van der Waals surface area contributed by atoms with Crippen molar-refractivity contribution in [2.75, 3.05) is 25.6 Å². The van der Waals surface area contributed by atoms with Crippen molar-refractivity contribution in [1.82, 2.24) is 4.57 Å². The third-order valence-electron chi connectivity index (χ3n) is 5.83. The summed E-state index contributed by atoms with van der Waals surface area (Å²) in [5, 5.41) is -0.347. The molecule has 0 bridgehead atoms. The molecule has 2 heterocycles. The van der Waals surface area contributed by atoms with Gasteiger partial charge in [-0.3, -0.25) is 14.2 Å². The lowest BCUT2D eigenvalue weighted by Crippen LogP contribution is -2.43. The number of aromatic nitrogens is 1. The van der Waals surface area contributed by atoms with Crippen LogP contribution in [-0.2, 0) is 9.53 Å². The zero-order valence-electron chi connectivity index (χ0n) is 21.4. The van der Waals surface area contributed by atoms with Gasteiger partial charge in [0.15, 0.2) is 5.69 Å². The van der Waals surface area contributed by atoms with Gasteiger partial charge in [-0.25, -0.2) is 4.79 Å². The first-order valence-corrected chi connectivity index (χ1v) is 13.1. The summed E-state index contributed by atoms with van der Waals surface area (Å²) in [4.78, 5) is 39.8. The molecule has 1 atom stereocenters. The molecule has 38 heavy (non-hydrogen) atoms. The van der Waals surface area contributed by atoms with Crippen LogP contribution < -0.4 is 31.5 Å². The van der Waals surface area contributed by atoms with Gasteiger partial charge in [0.05, 0.1) is 35.8 Å². The van der Waals surface area contributed by atoms with E-state index in [1.165, 1.54) is 4.57 Å². The number of nitrogens with two attached hydrogens (primary N) is 2. The summed E-state index contributed by atoms with van der Waals surface area (Å²) in [6.07, 6.45) is 1.70. The third kappa shape index (κ3) is 5.12. The fraction of sp³-hybridized carbons (Fsp3) is 0.250. The monoisotopic (exact) mass is 535 g/mol. The minimum atomic E-state index is -0.848. The number of esters is 1. The Kier molecular flexibility index (Phi) is 8.11. The standard InChI is InChI=1S/C28H29N3O6S/c1-4-35-18-11-7-16(8-12-18)15-20-21(29)23(28(34)37-6-3)31-22(20)25(26(30)32)38-24(27(31)33)17-9-13-19(14-10-17)36-5-2/h7-15,24H,4-6,29H2,1-3H3,(H2,30,32)/b20-15+/t24-/m1/s1. The van der Waals surface area contributed by atoms with Crippen molar-refractivity contribution < 1.29 is 28.6 Å². The largest absolute Gasteiger partial charge is 0.494 e. The number of thioether (sulfide) groups is 1. The highest BCUT2D eigenvalue weighted by molar-refractivity contribution is 8.10. The first-order valence-electron chi connectivity index (χ1n) is 12.2. The van der Waals surface area contributed by atoms with Crippen LogP contribution in [0.25, 0.3) is 11.0 Å². The van der Waals surface area contributed by atoms with Crippen LogP contribution in [0.5, 0.6) is 11.5 Å². The van der Waals surface area contributed by atoms with Crippen LogP contribution in [0.15, 0.2) is 48.5 Å². The minimum absolute atomic E-state index is 0.0207. The van der Waals surface area contributed by atoms with Gasteiger partial charge in [-0.05, 0) is 62.2 Å². The highest BCUT2D eigenvalue weighted by Crippen LogP contribution is 2.39. The summed E-state index contributed by atoms with van der Waals surface area (Å²) in [5.74, 6) is -0.618. The van der Waals surface area contributed by atoms with E-state index in [-0.39, 0.29) is 28.2 Å². The Labute approximate surface area is 224 Å². The normalized spacial score (nSPS) is 15.2. The van der Waals surface area contributed by atoms with Crippen LogP contribution >= 0.6 is 11.8 Å². The molecule has 0 aliphatic carbocycles. The first kappa shape index (κ1) is 26.9. The summed E-state index contributed by atoms with van der Waals surface area (Å²) >= 11 is 1.03. The fourth-order valence-corrected chi connectivity index (χ4v) is 5.39. The number of hydrogen-bond acceptors (Lipinski definition) is 8. The Morgan fingerprint density at radius 1 is 0.947 bits per heavy atom. The van der Waals surface area contributed by atoms with E-state index in [4.69, 9.17) is 25.7 Å². The van der Waals surface area contributed by atoms with E-state index in [1.807, 2.05) is 26.0 Å². The van der Waals surface area contributed by atoms with Gasteiger partial charge in [-0.2, -0.15) is 0 Å². The number of hydrogen-bond donors (Lipinski definition) is 2. The van der Waals surface area contributed by atoms with Crippen LogP contribution in [0.2, 0.25) is 0 Å². The average Bonchev–Trinajstić information content (AvgIpc) is 3.19. The molecule has 0 unspecified atom stereocenters. The molecule has 0 saturated carbocycles. The number of nitrogen functional groups attached to an aromatic ring is 1. The number of primary amides is 1. The van der Waals surface area contributed by atoms with Gasteiger partial charge in [-0.1, -0.05) is 36.0 Å². The molecule has 3 aromatic rings. The highest BCUT2D eigenvalue weighted by Gasteiger charge is 2.37. The van der Waals surface area contributed by atoms with E-state index in [2.05, 4.69) is 0 Å². The zero-order valence-corrected chi connectivity index (χ0v) is 22.2. The molecule has 1 amide bonds. The molecule has 10 heteroatoms. The molecule has 2 aromatic carbocycles. The Balaban J connectivity index is 1.96. The van der Waals surface area contributed by atoms with Crippen LogP contribution in [0, 0.1) is 0 Å². The van der Waals surface area contributed by atoms with Gasteiger partial charge in [0.1, 0.15) is 16.7 Å². The predicted octanol–water partition coefficient (Wildman–Crippen LogP) is 2.59. The van der Waals surface area contributed by atoms with E-state index in [0.29, 0.717) is 35.5 Å². The lowest BCUT2D eigenvalue weighted by atomic mass is 10.1. The lowest BCUT2D eigenvalue weighted by molar-refractivity contribution is -0.112. The molecular weight excluding hydrogens is 506 g/mol. The topological polar surface area (TPSA) is 136 Å². The van der Waals surface area contributed by atoms with E-state index in [1.54, 1.807) is 49.4 Å². The molecular formula is C28H29N3O6S. The molecule has 1 aromatic heterocycles. The van der Waals surface area contributed by atoms with Crippen LogP contribution in [0.1, 0.15) is 52.4 Å². The van der Waals surface area contributed by atoms with Crippen molar-refractivity contribution in [3.8, 4) is 11.5 Å². The summed E-state index contributed by atoms with van der Waals surface area (Å²) in [6.45, 7) is 6.52. The number of carbonyl (C=O) groups is 3. The molecule has 1 aliphatic rings. The number of fused-ring (bicyclic) bond motifs is 1. The van der Waals surface area contributed by atoms with Crippen molar-refractivity contribution in [2.45, 2.75) is 26.0 Å². The zero-order chi connectivity index (χ0) is 27.4. The SMILES string of the molecule is CCOC(=O)c1c(N)/c(=C\c2ccc(OCC)cc2)c2n1C(=O)[C@@H](c1ccc(OCC)cc1)SC=2C(N)=O. The second-order valence-corrected chi connectivity index (χ2v) is 9.37. The van der Waals surface area contributed by atoms with Gasteiger partial charge in [0, 0.05) is 5.22 Å². The third-order valence-corrected chi connectivity index (χ3v) is 7.17. The highest BCUT2D eigenvalue weighted by atomic mass is 32.2. The maximum atomic E-state index is 13.9. The summed E-state index contributed by atoms with van der Waals surface area (Å²) < 4.78 is 17.4. The molecule has 0 spiro atoms. The van der Waals surface area contributed by atoms with E-state index < -0.39 is 23.0 Å². The van der Waals surface area contributed by atoms with Crippen molar-refractivity contribution in [3.63, 3.8) is 0 Å². The number of benzene rings is 2. The Morgan fingerprint density at radius 2 is 1.53 bits per heavy atom. The van der Waals surface area contributed by atoms with Crippen molar-refractivity contribution in [3.05, 3.63) is 75.9 Å². The Hall–Kier alpha value is -4.18. The molecule has 9 nitrogen and oxygen atoms in total. The van der Waals surface area contributed by atoms with Gasteiger partial charge in [0.25, 0.3) is 5.91 Å². The first-order chi connectivity index (χ1) is 18.3. The number of rotatable bonds is 9. The van der Waals surface area contributed by atoms with Gasteiger partial charge in [-0.15, -0.1) is 0 Å². The van der Waals surface area contributed by atoms with Gasteiger partial charge in [0.2, 0.25) is 5.91 Å². The minimum Gasteiger partial charge on any atom is -0.494 e. The molecule has 1 aliphatic heterocycles. The van der Waals surface area contributed by atoms with Crippen LogP contribution in [0.4, 0.5) is 5.69 Å².